The van der Waals surface area contributed by atoms with E-state index in [1.54, 1.807) is 0 Å². The van der Waals surface area contributed by atoms with Crippen LogP contribution in [0, 0.1) is 62.6 Å². The maximum Gasteiger partial charge on any atom is 0.326 e. The molecular formula is C45H70BrNO5. The highest BCUT2D eigenvalue weighted by Crippen LogP contribution is 2.77. The number of hydrogen-bond acceptors (Lipinski definition) is 4. The highest BCUT2D eigenvalue weighted by molar-refractivity contribution is 9.08. The van der Waals surface area contributed by atoms with Crippen molar-refractivity contribution in [2.45, 2.75) is 138 Å². The van der Waals surface area contributed by atoms with Gasteiger partial charge in [0.2, 0.25) is 5.91 Å². The number of aliphatic hydroxyl groups excluding tert-OH is 1. The number of aliphatic carboxylic acids is 1. The number of rotatable bonds is 11. The molecule has 292 valence electrons. The zero-order valence-electron chi connectivity index (χ0n) is 33.6. The molecule has 1 amide bonds. The average Bonchev–Trinajstić information content (AvgIpc) is 3.51. The number of benzene rings is 1. The number of nitrogens with one attached hydrogen (secondary N) is 1. The van der Waals surface area contributed by atoms with Crippen molar-refractivity contribution in [3.05, 3.63) is 48.0 Å². The lowest BCUT2D eigenvalue weighted by molar-refractivity contribution is -0.246. The zero-order chi connectivity index (χ0) is 38.3. The molecule has 5 fully saturated rings. The Bertz CT molecular complexity index is 1430. The first kappa shape index (κ1) is 41.5. The van der Waals surface area contributed by atoms with Gasteiger partial charge in [-0.1, -0.05) is 101 Å². The van der Waals surface area contributed by atoms with E-state index in [4.69, 9.17) is 4.74 Å². The van der Waals surface area contributed by atoms with E-state index in [9.17, 15) is 19.8 Å². The van der Waals surface area contributed by atoms with Crippen molar-refractivity contribution in [3.63, 3.8) is 0 Å². The van der Waals surface area contributed by atoms with Crippen LogP contribution in [0.25, 0.3) is 0 Å². The number of aliphatic hydroxyl groups is 1. The molecule has 0 bridgehead atoms. The Morgan fingerprint density at radius 1 is 0.904 bits per heavy atom. The van der Waals surface area contributed by atoms with E-state index in [-0.39, 0.29) is 51.4 Å². The largest absolute Gasteiger partial charge is 0.480 e. The number of carbonyl (C=O) groups excluding carboxylic acids is 1. The minimum Gasteiger partial charge on any atom is -0.480 e. The van der Waals surface area contributed by atoms with E-state index in [0.717, 1.165) is 76.2 Å². The molecule has 7 heteroatoms. The maximum absolute atomic E-state index is 14.7. The molecule has 0 heterocycles. The first-order valence-electron chi connectivity index (χ1n) is 20.4. The molecule has 1 aromatic rings. The van der Waals surface area contributed by atoms with E-state index in [1.807, 2.05) is 25.7 Å². The maximum atomic E-state index is 14.7. The molecule has 0 aromatic heterocycles. The fraction of sp³-hybridized carbons (Fsp3) is 0.778. The molecule has 11 atom stereocenters. The zero-order valence-corrected chi connectivity index (χ0v) is 35.2. The smallest absolute Gasteiger partial charge is 0.326 e. The molecule has 0 aliphatic heterocycles. The molecule has 0 radical (unpaired) electrons. The third kappa shape index (κ3) is 6.99. The summed E-state index contributed by atoms with van der Waals surface area (Å²) in [5.74, 6) is 2.73. The van der Waals surface area contributed by atoms with Crippen LogP contribution in [0.4, 0.5) is 0 Å². The van der Waals surface area contributed by atoms with E-state index in [0.29, 0.717) is 37.4 Å². The summed E-state index contributed by atoms with van der Waals surface area (Å²) in [6, 6.07) is 9.56. The van der Waals surface area contributed by atoms with E-state index in [2.05, 4.69) is 86.7 Å². The lowest BCUT2D eigenvalue weighted by Crippen LogP contribution is -2.67. The van der Waals surface area contributed by atoms with Crippen molar-refractivity contribution < 1.29 is 24.5 Å². The molecule has 1 unspecified atom stereocenters. The van der Waals surface area contributed by atoms with Crippen molar-refractivity contribution in [1.29, 1.82) is 0 Å². The summed E-state index contributed by atoms with van der Waals surface area (Å²) in [7, 11) is 0. The predicted octanol–water partition coefficient (Wildman–Crippen LogP) is 9.87. The molecule has 6 nitrogen and oxygen atoms in total. The third-order valence-electron chi connectivity index (χ3n) is 16.4. The number of halogens is 1. The number of fused-ring (bicyclic) bond motifs is 7. The van der Waals surface area contributed by atoms with Gasteiger partial charge in [0.1, 0.15) is 6.04 Å². The van der Waals surface area contributed by atoms with Crippen molar-refractivity contribution in [3.8, 4) is 0 Å². The van der Waals surface area contributed by atoms with Gasteiger partial charge in [-0.15, -0.1) is 0 Å². The highest BCUT2D eigenvalue weighted by atomic mass is 79.9. The van der Waals surface area contributed by atoms with Gasteiger partial charge < -0.3 is 20.3 Å². The quantitative estimate of drug-likeness (QED) is 0.118. The van der Waals surface area contributed by atoms with Crippen LogP contribution >= 0.6 is 15.9 Å². The molecule has 5 saturated carbocycles. The lowest BCUT2D eigenvalue weighted by Gasteiger charge is -2.72. The van der Waals surface area contributed by atoms with Crippen LogP contribution in [-0.4, -0.2) is 53.3 Å². The van der Waals surface area contributed by atoms with Crippen molar-refractivity contribution in [2.75, 3.05) is 19.0 Å². The van der Waals surface area contributed by atoms with Gasteiger partial charge in [-0.3, -0.25) is 4.79 Å². The Hall–Kier alpha value is -1.70. The van der Waals surface area contributed by atoms with Gasteiger partial charge in [0.25, 0.3) is 0 Å². The van der Waals surface area contributed by atoms with E-state index >= 15 is 0 Å². The summed E-state index contributed by atoms with van der Waals surface area (Å²) in [5.41, 5.74) is 2.06. The molecule has 5 aliphatic rings. The number of ether oxygens (including phenoxy) is 1. The van der Waals surface area contributed by atoms with E-state index < -0.39 is 17.4 Å². The molecule has 5 aliphatic carbocycles. The summed E-state index contributed by atoms with van der Waals surface area (Å²) >= 11 is 2.94. The monoisotopic (exact) mass is 783 g/mol. The summed E-state index contributed by atoms with van der Waals surface area (Å²) < 4.78 is 6.29. The second kappa shape index (κ2) is 15.8. The van der Waals surface area contributed by atoms with Gasteiger partial charge in [0, 0.05) is 0 Å². The number of carbonyl (C=O) groups is 2. The number of carboxylic acid groups (broad SMARTS) is 1. The minimum absolute atomic E-state index is 0.0381. The van der Waals surface area contributed by atoms with Crippen molar-refractivity contribution >= 4 is 27.8 Å². The van der Waals surface area contributed by atoms with Crippen LogP contribution in [0.3, 0.4) is 0 Å². The van der Waals surface area contributed by atoms with E-state index in [1.165, 1.54) is 5.56 Å². The van der Waals surface area contributed by atoms with Gasteiger partial charge >= 0.3 is 5.97 Å². The average molecular weight is 785 g/mol. The number of hydrogen-bond donors (Lipinski definition) is 3. The molecule has 0 spiro atoms. The Kier molecular flexibility index (Phi) is 12.6. The van der Waals surface area contributed by atoms with Gasteiger partial charge in [0.05, 0.1) is 24.7 Å². The van der Waals surface area contributed by atoms with Crippen molar-refractivity contribution in [1.82, 2.24) is 5.32 Å². The summed E-state index contributed by atoms with van der Waals surface area (Å²) in [6.45, 7) is 22.2. The second-order valence-electron chi connectivity index (χ2n) is 19.3. The van der Waals surface area contributed by atoms with Gasteiger partial charge in [-0.25, -0.2) is 4.79 Å². The lowest BCUT2D eigenvalue weighted by atomic mass is 9.32. The standard InChI is InChI=1S/C44H67NO5.CH3Br/c1-28(2)26-33(38(47)48)45-39(49)44-22-16-31(29(3)27-50-25-19-30-12-10-9-11-13-30)37(44)32-14-15-35-41(6)20-18-36(46)40(4,5)34(41)17-21-43(35,8)42(32,7)23-24-44;1-2/h9-13,28,31-37,46H,3,14-27H2,1-2,4-8H3,(H,45,49)(H,47,48);1H3/t31-,32+,33?,34-,35+,36-,37+,41-,42+,43+,44-;/m0./s1. The molecule has 52 heavy (non-hydrogen) atoms. The molecule has 3 N–H and O–H groups in total. The van der Waals surface area contributed by atoms with Crippen LogP contribution in [0.2, 0.25) is 0 Å². The Labute approximate surface area is 323 Å². The molecule has 0 saturated heterocycles. The topological polar surface area (TPSA) is 95.9 Å². The minimum atomic E-state index is -0.940. The SMILES string of the molecule is C=C(COCCc1ccccc1)[C@@H]1CC[C@]2(C(=O)NC(CC(C)C)C(=O)O)CC[C@]3(C)[C@H](CC[C@@H]4[C@@]5(C)CC[C@H](O)C(C)(C)[C@@H]5CC[C@]43C)[C@@H]12.CBr. The normalized spacial score (nSPS) is 39.4. The number of alkyl halides is 1. The van der Waals surface area contributed by atoms with Gasteiger partial charge in [0.15, 0.2) is 0 Å². The molecular weight excluding hydrogens is 714 g/mol. The second-order valence-corrected chi connectivity index (χ2v) is 19.3. The Morgan fingerprint density at radius 2 is 1.60 bits per heavy atom. The van der Waals surface area contributed by atoms with Crippen LogP contribution in [0.1, 0.15) is 125 Å². The van der Waals surface area contributed by atoms with Gasteiger partial charge in [-0.05, 0) is 151 Å². The van der Waals surface area contributed by atoms with Crippen LogP contribution < -0.4 is 5.32 Å². The summed E-state index contributed by atoms with van der Waals surface area (Å²) in [5, 5.41) is 24.4. The number of carboxylic acids is 1. The van der Waals surface area contributed by atoms with Gasteiger partial charge in [-0.2, -0.15) is 0 Å². The highest BCUT2D eigenvalue weighted by Gasteiger charge is 2.72. The first-order chi connectivity index (χ1) is 24.5. The van der Waals surface area contributed by atoms with Crippen LogP contribution in [0.5, 0.6) is 0 Å². The van der Waals surface area contributed by atoms with Crippen molar-refractivity contribution in [2.24, 2.45) is 62.6 Å². The third-order valence-corrected chi connectivity index (χ3v) is 16.4. The molecule has 6 rings (SSSR count). The summed E-state index contributed by atoms with van der Waals surface area (Å²) in [6.07, 6.45) is 11.1. The van der Waals surface area contributed by atoms with Crippen LogP contribution in [-0.2, 0) is 20.7 Å². The predicted molar refractivity (Wildman–Crippen MR) is 214 cm³/mol. The fourth-order valence-corrected chi connectivity index (χ4v) is 13.6. The Morgan fingerprint density at radius 3 is 2.25 bits per heavy atom. The Balaban J connectivity index is 0.00000257. The fourth-order valence-electron chi connectivity index (χ4n) is 13.6. The van der Waals surface area contributed by atoms with Crippen LogP contribution in [0.15, 0.2) is 42.5 Å². The number of amides is 1. The first-order valence-corrected chi connectivity index (χ1v) is 22.0. The summed E-state index contributed by atoms with van der Waals surface area (Å²) in [4.78, 5) is 27.1. The molecule has 1 aromatic carbocycles.